The summed E-state index contributed by atoms with van der Waals surface area (Å²) in [5.41, 5.74) is 2.35. The van der Waals surface area contributed by atoms with Gasteiger partial charge in [0, 0.05) is 23.4 Å². The average Bonchev–Trinajstić information content (AvgIpc) is 3.37. The van der Waals surface area contributed by atoms with Gasteiger partial charge in [0.05, 0.1) is 33.1 Å². The maximum Gasteiger partial charge on any atom is 0.276 e. The van der Waals surface area contributed by atoms with E-state index in [1.807, 2.05) is 13.8 Å². The Kier molecular flexibility index (Phi) is 6.77. The van der Waals surface area contributed by atoms with Crippen molar-refractivity contribution in [3.8, 4) is 11.5 Å². The second-order valence-corrected chi connectivity index (χ2v) is 8.59. The second-order valence-electron chi connectivity index (χ2n) is 7.81. The maximum atomic E-state index is 12.8. The van der Waals surface area contributed by atoms with Crippen LogP contribution >= 0.6 is 23.2 Å². The molecule has 2 aromatic carbocycles. The molecule has 2 heterocycles. The van der Waals surface area contributed by atoms with Gasteiger partial charge >= 0.3 is 0 Å². The Morgan fingerprint density at radius 3 is 2.51 bits per heavy atom. The topological polar surface area (TPSA) is 117 Å². The van der Waals surface area contributed by atoms with Crippen LogP contribution in [0.1, 0.15) is 27.4 Å². The minimum atomic E-state index is -0.566. The molecule has 0 atom stereocenters. The third kappa shape index (κ3) is 5.44. The van der Waals surface area contributed by atoms with E-state index in [9.17, 15) is 14.9 Å². The van der Waals surface area contributed by atoms with Gasteiger partial charge in [-0.1, -0.05) is 23.2 Å². The molecule has 2 aromatic heterocycles. The highest BCUT2D eigenvalue weighted by atomic mass is 35.5. The first-order valence-electron chi connectivity index (χ1n) is 10.4. The van der Waals surface area contributed by atoms with Gasteiger partial charge in [0.1, 0.15) is 18.2 Å². The quantitative estimate of drug-likeness (QED) is 0.247. The summed E-state index contributed by atoms with van der Waals surface area (Å²) >= 11 is 12.2. The first-order valence-corrected chi connectivity index (χ1v) is 11.1. The molecule has 0 radical (unpaired) electrons. The molecule has 0 saturated heterocycles. The summed E-state index contributed by atoms with van der Waals surface area (Å²) in [6.07, 6.45) is 1.63. The van der Waals surface area contributed by atoms with Crippen molar-refractivity contribution in [2.24, 2.45) is 0 Å². The van der Waals surface area contributed by atoms with Crippen molar-refractivity contribution in [2.45, 2.75) is 27.4 Å². The van der Waals surface area contributed by atoms with Crippen LogP contribution in [-0.4, -0.2) is 30.4 Å². The largest absolute Gasteiger partial charge is 0.457 e. The lowest BCUT2D eigenvalue weighted by molar-refractivity contribution is -0.384. The molecular weight excluding hydrogens is 495 g/mol. The van der Waals surface area contributed by atoms with E-state index in [1.165, 1.54) is 28.9 Å². The van der Waals surface area contributed by atoms with Gasteiger partial charge in [0.25, 0.3) is 11.6 Å². The second kappa shape index (κ2) is 9.77. The molecule has 0 spiro atoms. The van der Waals surface area contributed by atoms with E-state index < -0.39 is 10.8 Å². The number of amides is 1. The van der Waals surface area contributed by atoms with Gasteiger partial charge in [-0.05, 0) is 50.6 Å². The molecular formula is C23H20Cl2N6O4. The molecule has 12 heteroatoms. The summed E-state index contributed by atoms with van der Waals surface area (Å²) in [6, 6.07) is 10.6. The van der Waals surface area contributed by atoms with Crippen molar-refractivity contribution in [1.82, 2.24) is 19.6 Å². The van der Waals surface area contributed by atoms with Crippen molar-refractivity contribution >= 4 is 40.5 Å². The Hall–Kier alpha value is -3.89. The van der Waals surface area contributed by atoms with Gasteiger partial charge in [0.2, 0.25) is 0 Å². The molecule has 4 aromatic rings. The summed E-state index contributed by atoms with van der Waals surface area (Å²) in [7, 11) is 0. The third-order valence-electron chi connectivity index (χ3n) is 5.17. The van der Waals surface area contributed by atoms with E-state index in [4.69, 9.17) is 27.9 Å². The lowest BCUT2D eigenvalue weighted by Crippen LogP contribution is -2.15. The van der Waals surface area contributed by atoms with Crippen LogP contribution < -0.4 is 10.1 Å². The molecule has 0 aliphatic heterocycles. The van der Waals surface area contributed by atoms with Crippen LogP contribution in [-0.2, 0) is 6.67 Å². The number of ether oxygens (including phenoxy) is 1. The van der Waals surface area contributed by atoms with Gasteiger partial charge in [0.15, 0.2) is 5.69 Å². The first kappa shape index (κ1) is 24.2. The molecule has 0 bridgehead atoms. The zero-order valence-corrected chi connectivity index (χ0v) is 20.5. The van der Waals surface area contributed by atoms with Crippen LogP contribution in [0.2, 0.25) is 10.0 Å². The Bertz CT molecular complexity index is 1450. The average molecular weight is 515 g/mol. The van der Waals surface area contributed by atoms with E-state index >= 15 is 0 Å². The zero-order valence-electron chi connectivity index (χ0n) is 19.0. The smallest absolute Gasteiger partial charge is 0.276 e. The van der Waals surface area contributed by atoms with Crippen LogP contribution in [0.4, 0.5) is 11.4 Å². The van der Waals surface area contributed by atoms with Gasteiger partial charge in [-0.3, -0.25) is 19.6 Å². The van der Waals surface area contributed by atoms with Gasteiger partial charge in [-0.15, -0.1) is 0 Å². The number of aryl methyl sites for hydroxylation is 2. The molecule has 0 aliphatic carbocycles. The number of carbonyl (C=O) groups excluding carboxylic acids is 1. The fourth-order valence-corrected chi connectivity index (χ4v) is 3.60. The molecule has 0 aliphatic rings. The number of hydrogen-bond donors (Lipinski definition) is 1. The fraction of sp³-hybridized carbons (Fsp3) is 0.174. The van der Waals surface area contributed by atoms with Crippen molar-refractivity contribution in [2.75, 3.05) is 5.32 Å². The normalized spacial score (nSPS) is 10.9. The van der Waals surface area contributed by atoms with Crippen LogP contribution in [0.3, 0.4) is 0 Å². The number of non-ortho nitro benzene ring substituents is 1. The van der Waals surface area contributed by atoms with Crippen molar-refractivity contribution in [3.05, 3.63) is 91.5 Å². The Labute approximate surface area is 210 Å². The van der Waals surface area contributed by atoms with Crippen LogP contribution in [0.5, 0.6) is 11.5 Å². The van der Waals surface area contributed by atoms with Gasteiger partial charge in [-0.2, -0.15) is 10.2 Å². The van der Waals surface area contributed by atoms with E-state index in [1.54, 1.807) is 36.0 Å². The highest BCUT2D eigenvalue weighted by Gasteiger charge is 2.16. The third-order valence-corrected chi connectivity index (χ3v) is 6.14. The molecule has 4 rings (SSSR count). The number of hydrogen-bond acceptors (Lipinski definition) is 6. The van der Waals surface area contributed by atoms with Crippen molar-refractivity contribution < 1.29 is 14.5 Å². The number of nitrogens with one attached hydrogen (secondary N) is 1. The summed E-state index contributed by atoms with van der Waals surface area (Å²) in [4.78, 5) is 23.6. The van der Waals surface area contributed by atoms with E-state index in [-0.39, 0.29) is 29.5 Å². The lowest BCUT2D eigenvalue weighted by atomic mass is 10.2. The van der Waals surface area contributed by atoms with Crippen molar-refractivity contribution in [3.63, 3.8) is 0 Å². The molecule has 10 nitrogen and oxygen atoms in total. The number of nitro groups is 1. The Morgan fingerprint density at radius 2 is 1.86 bits per heavy atom. The molecule has 0 fully saturated rings. The minimum absolute atomic E-state index is 0.125. The fourth-order valence-electron chi connectivity index (χ4n) is 3.34. The van der Waals surface area contributed by atoms with Crippen LogP contribution in [0.25, 0.3) is 0 Å². The standard InChI is InChI=1S/C23H20Cl2N6O4/c1-13-8-18(4-5-20(13)24)35-19-10-16(9-17(11-19)31(33)34)26-23(32)21-6-7-29(28-21)12-30-15(3)22(25)14(2)27-30/h4-11H,12H2,1-3H3,(H,26,32). The number of rotatable bonds is 7. The summed E-state index contributed by atoms with van der Waals surface area (Å²) in [5, 5.41) is 23.8. The molecule has 1 N–H and O–H groups in total. The highest BCUT2D eigenvalue weighted by Crippen LogP contribution is 2.31. The van der Waals surface area contributed by atoms with Gasteiger partial charge < -0.3 is 10.1 Å². The Balaban J connectivity index is 1.53. The van der Waals surface area contributed by atoms with E-state index in [0.717, 1.165) is 11.3 Å². The number of nitro benzene ring substituents is 1. The monoisotopic (exact) mass is 514 g/mol. The number of nitrogens with zero attached hydrogens (tertiary/aromatic N) is 5. The SMILES string of the molecule is Cc1cc(Oc2cc(NC(=O)c3ccn(Cn4nc(C)c(Cl)c4C)n3)cc([N+](=O)[O-])c2)ccc1Cl. The summed E-state index contributed by atoms with van der Waals surface area (Å²) in [6.45, 7) is 5.73. The number of aromatic nitrogens is 4. The number of benzene rings is 2. The first-order chi connectivity index (χ1) is 16.6. The highest BCUT2D eigenvalue weighted by molar-refractivity contribution is 6.32. The molecule has 180 valence electrons. The molecule has 1 amide bonds. The number of anilines is 1. The lowest BCUT2D eigenvalue weighted by Gasteiger charge is -2.10. The molecule has 35 heavy (non-hydrogen) atoms. The molecule has 0 unspecified atom stereocenters. The van der Waals surface area contributed by atoms with Crippen LogP contribution in [0, 0.1) is 30.9 Å². The summed E-state index contributed by atoms with van der Waals surface area (Å²) in [5.74, 6) is 0.0970. The minimum Gasteiger partial charge on any atom is -0.457 e. The maximum absolute atomic E-state index is 12.8. The number of halogens is 2. The van der Waals surface area contributed by atoms with Gasteiger partial charge in [-0.25, -0.2) is 4.68 Å². The molecule has 0 saturated carbocycles. The van der Waals surface area contributed by atoms with Crippen molar-refractivity contribution in [1.29, 1.82) is 0 Å². The summed E-state index contributed by atoms with van der Waals surface area (Å²) < 4.78 is 8.98. The van der Waals surface area contributed by atoms with Crippen LogP contribution in [0.15, 0.2) is 48.7 Å². The Morgan fingerprint density at radius 1 is 1.09 bits per heavy atom. The number of carbonyl (C=O) groups is 1. The van der Waals surface area contributed by atoms with E-state index in [2.05, 4.69) is 15.5 Å². The zero-order chi connectivity index (χ0) is 25.3. The van der Waals surface area contributed by atoms with E-state index in [0.29, 0.717) is 21.5 Å². The predicted octanol–water partition coefficient (Wildman–Crippen LogP) is 5.77. The predicted molar refractivity (Wildman–Crippen MR) is 132 cm³/mol.